The van der Waals surface area contributed by atoms with Gasteiger partial charge in [0.2, 0.25) is 11.8 Å². The van der Waals surface area contributed by atoms with Crippen LogP contribution in [0.2, 0.25) is 0 Å². The Kier molecular flexibility index (Phi) is 7.04. The van der Waals surface area contributed by atoms with Gasteiger partial charge in [0, 0.05) is 23.4 Å². The molecule has 172 valence electrons. The van der Waals surface area contributed by atoms with Gasteiger partial charge in [0.25, 0.3) is 0 Å². The van der Waals surface area contributed by atoms with Gasteiger partial charge in [0.15, 0.2) is 10.7 Å². The highest BCUT2D eigenvalue weighted by Gasteiger charge is 2.10. The Morgan fingerprint density at radius 3 is 2.47 bits per heavy atom. The normalized spacial score (nSPS) is 11.2. The summed E-state index contributed by atoms with van der Waals surface area (Å²) < 4.78 is 11.1. The van der Waals surface area contributed by atoms with E-state index in [4.69, 9.17) is 21.4 Å². The van der Waals surface area contributed by atoms with Crippen LogP contribution in [0.1, 0.15) is 30.9 Å². The number of oxazole rings is 1. The molecule has 2 N–H and O–H groups in total. The fourth-order valence-electron chi connectivity index (χ4n) is 3.33. The Balaban J connectivity index is 1.34. The summed E-state index contributed by atoms with van der Waals surface area (Å²) in [6.07, 6.45) is 3.22. The highest BCUT2D eigenvalue weighted by Crippen LogP contribution is 2.27. The lowest BCUT2D eigenvalue weighted by atomic mass is 10.0. The van der Waals surface area contributed by atoms with Crippen molar-refractivity contribution in [2.45, 2.75) is 19.8 Å². The highest BCUT2D eigenvalue weighted by molar-refractivity contribution is 7.80. The van der Waals surface area contributed by atoms with E-state index in [0.717, 1.165) is 28.1 Å². The summed E-state index contributed by atoms with van der Waals surface area (Å²) >= 11 is 5.26. The Labute approximate surface area is 203 Å². The number of hydrogen-bond donors (Lipinski definition) is 2. The minimum atomic E-state index is -0.302. The number of thiocarbonyl (C=S) groups is 1. The topological polar surface area (TPSA) is 76.4 Å². The van der Waals surface area contributed by atoms with E-state index in [1.54, 1.807) is 13.2 Å². The zero-order valence-electron chi connectivity index (χ0n) is 19.2. The van der Waals surface area contributed by atoms with Crippen molar-refractivity contribution in [2.24, 2.45) is 0 Å². The van der Waals surface area contributed by atoms with Gasteiger partial charge in [0.1, 0.15) is 11.3 Å². The molecule has 0 fully saturated rings. The molecule has 0 aliphatic rings. The van der Waals surface area contributed by atoms with Crippen LogP contribution in [0.25, 0.3) is 28.6 Å². The maximum atomic E-state index is 12.2. The summed E-state index contributed by atoms with van der Waals surface area (Å²) in [7, 11) is 1.61. The Morgan fingerprint density at radius 1 is 1.06 bits per heavy atom. The number of fused-ring (bicyclic) bond motifs is 1. The largest absolute Gasteiger partial charge is 0.497 e. The monoisotopic (exact) mass is 471 g/mol. The number of amides is 1. The molecule has 0 saturated carbocycles. The molecule has 0 atom stereocenters. The molecule has 1 amide bonds. The van der Waals surface area contributed by atoms with Crippen LogP contribution in [0.15, 0.2) is 77.2 Å². The van der Waals surface area contributed by atoms with Crippen LogP contribution in [0.3, 0.4) is 0 Å². The lowest BCUT2D eigenvalue weighted by Crippen LogP contribution is -2.32. The number of rotatable bonds is 6. The second-order valence-corrected chi connectivity index (χ2v) is 8.44. The minimum Gasteiger partial charge on any atom is -0.497 e. The Morgan fingerprint density at radius 2 is 1.79 bits per heavy atom. The SMILES string of the molecule is COc1ccc2oc(-c3ccc(NC(=S)NC(=O)/C=C/c4ccc(C(C)C)cc4)cc3)nc2c1. The van der Waals surface area contributed by atoms with Gasteiger partial charge in [0.05, 0.1) is 7.11 Å². The number of carbonyl (C=O) groups excluding carboxylic acids is 1. The maximum absolute atomic E-state index is 12.2. The number of benzene rings is 3. The van der Waals surface area contributed by atoms with Crippen molar-refractivity contribution in [1.29, 1.82) is 0 Å². The van der Waals surface area contributed by atoms with Gasteiger partial charge in [-0.15, -0.1) is 0 Å². The molecule has 3 aromatic carbocycles. The van der Waals surface area contributed by atoms with E-state index in [9.17, 15) is 4.79 Å². The number of carbonyl (C=O) groups is 1. The number of nitrogens with one attached hydrogen (secondary N) is 2. The lowest BCUT2D eigenvalue weighted by Gasteiger charge is -2.08. The number of aromatic nitrogens is 1. The highest BCUT2D eigenvalue weighted by atomic mass is 32.1. The summed E-state index contributed by atoms with van der Waals surface area (Å²) in [5.74, 6) is 1.40. The minimum absolute atomic E-state index is 0.214. The second-order valence-electron chi connectivity index (χ2n) is 8.03. The number of nitrogens with zero attached hydrogens (tertiary/aromatic N) is 1. The average molecular weight is 472 g/mol. The van der Waals surface area contributed by atoms with Gasteiger partial charge in [-0.25, -0.2) is 4.98 Å². The summed E-state index contributed by atoms with van der Waals surface area (Å²) in [6, 6.07) is 21.0. The van der Waals surface area contributed by atoms with Gasteiger partial charge >= 0.3 is 0 Å². The van der Waals surface area contributed by atoms with Gasteiger partial charge in [-0.05, 0) is 71.7 Å². The summed E-state index contributed by atoms with van der Waals surface area (Å²) in [6.45, 7) is 4.29. The zero-order chi connectivity index (χ0) is 24.1. The standard InChI is InChI=1S/C27H25N3O3S/c1-17(2)19-7-4-18(5-8-19)6-15-25(31)30-27(34)28-21-11-9-20(10-12-21)26-29-23-16-22(32-3)13-14-24(23)33-26/h4-17H,1-3H3,(H2,28,30,31,34)/b15-6+. The van der Waals surface area contributed by atoms with E-state index in [0.29, 0.717) is 17.4 Å². The molecule has 0 aliphatic carbocycles. The quantitative estimate of drug-likeness (QED) is 0.259. The molecule has 1 aromatic heterocycles. The number of ether oxygens (including phenoxy) is 1. The van der Waals surface area contributed by atoms with Crippen LogP contribution < -0.4 is 15.4 Å². The first kappa shape index (κ1) is 23.2. The summed E-state index contributed by atoms with van der Waals surface area (Å²) in [4.78, 5) is 16.7. The van der Waals surface area contributed by atoms with E-state index < -0.39 is 0 Å². The van der Waals surface area contributed by atoms with Crippen molar-refractivity contribution in [2.75, 3.05) is 12.4 Å². The molecule has 7 heteroatoms. The van der Waals surface area contributed by atoms with Crippen molar-refractivity contribution in [1.82, 2.24) is 10.3 Å². The predicted octanol–water partition coefficient (Wildman–Crippen LogP) is 6.15. The van der Waals surface area contributed by atoms with E-state index in [-0.39, 0.29) is 11.0 Å². The van der Waals surface area contributed by atoms with Crippen molar-refractivity contribution in [3.05, 3.63) is 83.9 Å². The third-order valence-electron chi connectivity index (χ3n) is 5.25. The van der Waals surface area contributed by atoms with E-state index >= 15 is 0 Å². The van der Waals surface area contributed by atoms with E-state index in [1.807, 2.05) is 54.6 Å². The Bertz CT molecular complexity index is 1340. The molecule has 4 aromatic rings. The zero-order valence-corrected chi connectivity index (χ0v) is 20.0. The first-order chi connectivity index (χ1) is 16.4. The molecule has 0 spiro atoms. The fraction of sp³-hybridized carbons (Fsp3) is 0.148. The first-order valence-corrected chi connectivity index (χ1v) is 11.3. The van der Waals surface area contributed by atoms with Crippen LogP contribution in [0, 0.1) is 0 Å². The molecule has 4 rings (SSSR count). The second kappa shape index (κ2) is 10.3. The molecule has 1 heterocycles. The molecule has 6 nitrogen and oxygen atoms in total. The van der Waals surface area contributed by atoms with Crippen molar-refractivity contribution in [3.8, 4) is 17.2 Å². The van der Waals surface area contributed by atoms with Gasteiger partial charge in [-0.3, -0.25) is 10.1 Å². The van der Waals surface area contributed by atoms with Crippen molar-refractivity contribution in [3.63, 3.8) is 0 Å². The maximum Gasteiger partial charge on any atom is 0.250 e. The summed E-state index contributed by atoms with van der Waals surface area (Å²) in [5.41, 5.74) is 5.18. The van der Waals surface area contributed by atoms with Crippen LogP contribution >= 0.6 is 12.2 Å². The Hall–Kier alpha value is -3.97. The third-order valence-corrected chi connectivity index (χ3v) is 5.46. The fourth-order valence-corrected chi connectivity index (χ4v) is 3.55. The molecule has 0 saturated heterocycles. The van der Waals surface area contributed by atoms with Crippen LogP contribution in [0.4, 0.5) is 5.69 Å². The lowest BCUT2D eigenvalue weighted by molar-refractivity contribution is -0.115. The van der Waals surface area contributed by atoms with Gasteiger partial charge < -0.3 is 14.5 Å². The summed E-state index contributed by atoms with van der Waals surface area (Å²) in [5, 5.41) is 5.88. The van der Waals surface area contributed by atoms with Crippen molar-refractivity contribution >= 4 is 46.1 Å². The molecule has 0 aliphatic heterocycles. The average Bonchev–Trinajstić information content (AvgIpc) is 3.26. The van der Waals surface area contributed by atoms with Crippen LogP contribution in [0.5, 0.6) is 5.75 Å². The number of hydrogen-bond acceptors (Lipinski definition) is 5. The molecule has 34 heavy (non-hydrogen) atoms. The van der Waals surface area contributed by atoms with Crippen LogP contribution in [-0.2, 0) is 4.79 Å². The molecule has 0 bridgehead atoms. The molecule has 0 radical (unpaired) electrons. The third kappa shape index (κ3) is 5.68. The molecular weight excluding hydrogens is 446 g/mol. The first-order valence-electron chi connectivity index (χ1n) is 10.9. The number of methoxy groups -OCH3 is 1. The van der Waals surface area contributed by atoms with Crippen molar-refractivity contribution < 1.29 is 13.9 Å². The molecule has 0 unspecified atom stereocenters. The smallest absolute Gasteiger partial charge is 0.250 e. The molecular formula is C27H25N3O3S. The van der Waals surface area contributed by atoms with E-state index in [2.05, 4.69) is 41.6 Å². The predicted molar refractivity (Wildman–Crippen MR) is 140 cm³/mol. The van der Waals surface area contributed by atoms with Gasteiger partial charge in [-0.2, -0.15) is 0 Å². The number of anilines is 1. The van der Waals surface area contributed by atoms with Gasteiger partial charge in [-0.1, -0.05) is 38.1 Å². The van der Waals surface area contributed by atoms with Crippen LogP contribution in [-0.4, -0.2) is 23.1 Å². The van der Waals surface area contributed by atoms with E-state index in [1.165, 1.54) is 11.6 Å².